The van der Waals surface area contributed by atoms with Gasteiger partial charge in [0.15, 0.2) is 11.6 Å². The molecule has 2 aromatic heterocycles. The van der Waals surface area contributed by atoms with Gasteiger partial charge in [-0.25, -0.2) is 9.37 Å². The fourth-order valence-electron chi connectivity index (χ4n) is 3.17. The molecule has 1 fully saturated rings. The van der Waals surface area contributed by atoms with Gasteiger partial charge < -0.3 is 15.6 Å². The number of nitrogens with zero attached hydrogens (tertiary/aromatic N) is 4. The van der Waals surface area contributed by atoms with Crippen molar-refractivity contribution in [1.29, 1.82) is 5.41 Å². The van der Waals surface area contributed by atoms with Crippen LogP contribution in [-0.2, 0) is 0 Å². The molecule has 1 aromatic carbocycles. The van der Waals surface area contributed by atoms with Gasteiger partial charge in [0.1, 0.15) is 0 Å². The summed E-state index contributed by atoms with van der Waals surface area (Å²) >= 11 is 0. The van der Waals surface area contributed by atoms with E-state index >= 15 is 0 Å². The lowest BCUT2D eigenvalue weighted by atomic mass is 10.1. The van der Waals surface area contributed by atoms with Gasteiger partial charge in [0.2, 0.25) is 5.95 Å². The average molecular weight is 353 g/mol. The number of H-pyrrole nitrogens is 1. The number of aromatic amines is 1. The normalized spacial score (nSPS) is 18.2. The van der Waals surface area contributed by atoms with Gasteiger partial charge in [-0.1, -0.05) is 6.92 Å². The maximum atomic E-state index is 14.2. The van der Waals surface area contributed by atoms with Crippen molar-refractivity contribution in [2.45, 2.75) is 19.8 Å². The van der Waals surface area contributed by atoms with Crippen LogP contribution in [0.1, 0.15) is 19.8 Å². The van der Waals surface area contributed by atoms with Crippen LogP contribution in [0.3, 0.4) is 0 Å². The second-order valence-corrected chi connectivity index (χ2v) is 6.79. The monoisotopic (exact) mass is 353 g/mol. The van der Waals surface area contributed by atoms with E-state index in [-0.39, 0.29) is 5.82 Å². The van der Waals surface area contributed by atoms with Gasteiger partial charge in [-0.15, -0.1) is 0 Å². The molecule has 0 aliphatic carbocycles. The van der Waals surface area contributed by atoms with Crippen LogP contribution in [0.15, 0.2) is 30.6 Å². The average Bonchev–Trinajstić information content (AvgIpc) is 3.02. The largest absolute Gasteiger partial charge is 0.338 e. The zero-order chi connectivity index (χ0) is 18.1. The van der Waals surface area contributed by atoms with Crippen LogP contribution in [0.5, 0.6) is 0 Å². The summed E-state index contributed by atoms with van der Waals surface area (Å²) in [4.78, 5) is 10.5. The number of anilines is 3. The molecular formula is C18H20FN7. The van der Waals surface area contributed by atoms with Gasteiger partial charge in [0.25, 0.3) is 0 Å². The maximum absolute atomic E-state index is 14.2. The van der Waals surface area contributed by atoms with Crippen LogP contribution < -0.4 is 10.2 Å². The highest BCUT2D eigenvalue weighted by molar-refractivity contribution is 5.86. The molecule has 1 aliphatic rings. The molecular weight excluding hydrogens is 333 g/mol. The number of benzene rings is 1. The smallest absolute Gasteiger partial charge is 0.227 e. The van der Waals surface area contributed by atoms with Crippen LogP contribution in [0.2, 0.25) is 0 Å². The Kier molecular flexibility index (Phi) is 4.24. The van der Waals surface area contributed by atoms with E-state index in [4.69, 9.17) is 5.41 Å². The molecule has 3 aromatic rings. The third-order valence-electron chi connectivity index (χ3n) is 4.57. The van der Waals surface area contributed by atoms with Crippen LogP contribution in [0.25, 0.3) is 10.9 Å². The molecule has 7 nitrogen and oxygen atoms in total. The molecule has 1 aliphatic heterocycles. The predicted octanol–water partition coefficient (Wildman–Crippen LogP) is 3.49. The Balaban J connectivity index is 1.62. The lowest BCUT2D eigenvalue weighted by Gasteiger charge is -2.23. The van der Waals surface area contributed by atoms with Gasteiger partial charge in [0, 0.05) is 23.3 Å². The summed E-state index contributed by atoms with van der Waals surface area (Å²) in [7, 11) is 0. The van der Waals surface area contributed by atoms with Crippen LogP contribution in [-0.4, -0.2) is 39.0 Å². The Morgan fingerprint density at radius 1 is 1.35 bits per heavy atom. The molecule has 3 N–H and O–H groups in total. The SMILES string of the molecule is CC1CCC(=N)CN(c2ncc(F)c(Nc3ccc4[nH]ncc4c3)n2)C1. The van der Waals surface area contributed by atoms with E-state index in [1.165, 1.54) is 6.20 Å². The lowest BCUT2D eigenvalue weighted by molar-refractivity contribution is 0.550. The van der Waals surface area contributed by atoms with Crippen molar-refractivity contribution in [1.82, 2.24) is 20.2 Å². The standard InChI is InChI=1S/C18H20FN7/c1-11-2-3-13(20)10-26(9-11)18-21-8-15(19)17(24-18)23-14-4-5-16-12(6-14)7-22-25-16/h4-8,11,20H,2-3,9-10H2,1H3,(H,22,25)(H,21,23,24). The number of fused-ring (bicyclic) bond motifs is 1. The fraction of sp³-hybridized carbons (Fsp3) is 0.333. The summed E-state index contributed by atoms with van der Waals surface area (Å²) in [5.41, 5.74) is 2.29. The number of nitrogens with one attached hydrogen (secondary N) is 3. The molecule has 0 spiro atoms. The van der Waals surface area contributed by atoms with Crippen molar-refractivity contribution in [2.75, 3.05) is 23.3 Å². The number of aromatic nitrogens is 4. The summed E-state index contributed by atoms with van der Waals surface area (Å²) in [6.45, 7) is 3.39. The lowest BCUT2D eigenvalue weighted by Crippen LogP contribution is -2.32. The number of rotatable bonds is 3. The quantitative estimate of drug-likeness (QED) is 0.670. The van der Waals surface area contributed by atoms with Crippen LogP contribution in [0, 0.1) is 17.1 Å². The van der Waals surface area contributed by atoms with Crippen molar-refractivity contribution in [3.63, 3.8) is 0 Å². The predicted molar refractivity (Wildman–Crippen MR) is 99.7 cm³/mol. The maximum Gasteiger partial charge on any atom is 0.227 e. The Labute approximate surface area is 150 Å². The molecule has 1 atom stereocenters. The van der Waals surface area contributed by atoms with E-state index in [0.717, 1.165) is 36.0 Å². The van der Waals surface area contributed by atoms with Gasteiger partial charge >= 0.3 is 0 Å². The molecule has 26 heavy (non-hydrogen) atoms. The van der Waals surface area contributed by atoms with E-state index < -0.39 is 5.82 Å². The van der Waals surface area contributed by atoms with Crippen molar-refractivity contribution < 1.29 is 4.39 Å². The van der Waals surface area contributed by atoms with Gasteiger partial charge in [-0.05, 0) is 37.0 Å². The zero-order valence-corrected chi connectivity index (χ0v) is 14.5. The Bertz CT molecular complexity index is 952. The second-order valence-electron chi connectivity index (χ2n) is 6.79. The topological polar surface area (TPSA) is 93.6 Å². The molecule has 1 saturated heterocycles. The number of halogens is 1. The molecule has 1 unspecified atom stereocenters. The minimum atomic E-state index is -0.515. The molecule has 0 radical (unpaired) electrons. The first kappa shape index (κ1) is 16.4. The van der Waals surface area contributed by atoms with E-state index in [9.17, 15) is 4.39 Å². The first-order valence-corrected chi connectivity index (χ1v) is 8.62. The molecule has 8 heteroatoms. The molecule has 4 rings (SSSR count). The highest BCUT2D eigenvalue weighted by Crippen LogP contribution is 2.24. The third-order valence-corrected chi connectivity index (χ3v) is 4.57. The number of hydrogen-bond donors (Lipinski definition) is 3. The first-order chi connectivity index (χ1) is 12.6. The number of hydrogen-bond acceptors (Lipinski definition) is 6. The van der Waals surface area contributed by atoms with Crippen LogP contribution >= 0.6 is 0 Å². The first-order valence-electron chi connectivity index (χ1n) is 8.62. The van der Waals surface area contributed by atoms with Crippen molar-refractivity contribution in [2.24, 2.45) is 5.92 Å². The highest BCUT2D eigenvalue weighted by atomic mass is 19.1. The second kappa shape index (κ2) is 6.70. The van der Waals surface area contributed by atoms with Crippen LogP contribution in [0.4, 0.5) is 21.8 Å². The van der Waals surface area contributed by atoms with Crippen molar-refractivity contribution >= 4 is 34.1 Å². The van der Waals surface area contributed by atoms with Gasteiger partial charge in [-0.2, -0.15) is 10.1 Å². The van der Waals surface area contributed by atoms with E-state index in [1.54, 1.807) is 6.20 Å². The summed E-state index contributed by atoms with van der Waals surface area (Å²) in [5, 5.41) is 18.9. The Morgan fingerprint density at radius 2 is 2.23 bits per heavy atom. The molecule has 3 heterocycles. The van der Waals surface area contributed by atoms with Gasteiger partial charge in [0.05, 0.1) is 24.5 Å². The summed E-state index contributed by atoms with van der Waals surface area (Å²) in [6, 6.07) is 5.59. The fourth-order valence-corrected chi connectivity index (χ4v) is 3.17. The van der Waals surface area contributed by atoms with Crippen molar-refractivity contribution in [3.05, 3.63) is 36.4 Å². The van der Waals surface area contributed by atoms with E-state index in [0.29, 0.717) is 24.1 Å². The molecule has 0 amide bonds. The van der Waals surface area contributed by atoms with E-state index in [1.807, 2.05) is 23.1 Å². The highest BCUT2D eigenvalue weighted by Gasteiger charge is 2.21. The summed E-state index contributed by atoms with van der Waals surface area (Å²) in [6.07, 6.45) is 4.66. The van der Waals surface area contributed by atoms with Crippen molar-refractivity contribution in [3.8, 4) is 0 Å². The third kappa shape index (κ3) is 3.35. The minimum absolute atomic E-state index is 0.126. The summed E-state index contributed by atoms with van der Waals surface area (Å²) in [5.74, 6) is 0.489. The zero-order valence-electron chi connectivity index (χ0n) is 14.5. The Hall–Kier alpha value is -3.03. The van der Waals surface area contributed by atoms with Gasteiger partial charge in [-0.3, -0.25) is 5.10 Å². The minimum Gasteiger partial charge on any atom is -0.338 e. The molecule has 134 valence electrons. The van der Waals surface area contributed by atoms with E-state index in [2.05, 4.69) is 32.4 Å². The Morgan fingerprint density at radius 3 is 3.12 bits per heavy atom. The molecule has 0 saturated carbocycles. The summed E-state index contributed by atoms with van der Waals surface area (Å²) < 4.78 is 14.2. The molecule has 0 bridgehead atoms.